The van der Waals surface area contributed by atoms with Crippen LogP contribution in [0.1, 0.15) is 54.4 Å². The number of hydrogen-bond donors (Lipinski definition) is 2. The van der Waals surface area contributed by atoms with Gasteiger partial charge in [-0.3, -0.25) is 19.4 Å². The van der Waals surface area contributed by atoms with Crippen LogP contribution in [0.4, 0.5) is 9.59 Å². The van der Waals surface area contributed by atoms with E-state index in [0.717, 1.165) is 12.0 Å². The monoisotopic (exact) mass is 596 g/mol. The van der Waals surface area contributed by atoms with Gasteiger partial charge in [0.2, 0.25) is 0 Å². The molecule has 0 fully saturated rings. The van der Waals surface area contributed by atoms with Crippen molar-refractivity contribution < 1.29 is 47.6 Å². The fourth-order valence-electron chi connectivity index (χ4n) is 2.66. The Morgan fingerprint density at radius 2 is 1.24 bits per heavy atom. The van der Waals surface area contributed by atoms with Crippen molar-refractivity contribution in [1.82, 2.24) is 20.4 Å². The Balaban J connectivity index is -0.000000314. The lowest BCUT2D eigenvalue weighted by molar-refractivity contribution is -0.145. The second kappa shape index (κ2) is 35.1. The number of allylic oxidation sites excluding steroid dienone is 1. The molecule has 14 nitrogen and oxygen atoms in total. The molecule has 2 N–H and O–H groups in total. The highest BCUT2D eigenvalue weighted by Gasteiger charge is 2.16. The van der Waals surface area contributed by atoms with E-state index in [1.807, 2.05) is 41.5 Å². The van der Waals surface area contributed by atoms with Crippen LogP contribution in [0, 0.1) is 5.92 Å². The van der Waals surface area contributed by atoms with Gasteiger partial charge >= 0.3 is 18.0 Å². The molecule has 1 unspecified atom stereocenters. The minimum Gasteiger partial charge on any atom is -0.466 e. The van der Waals surface area contributed by atoms with Gasteiger partial charge in [0.15, 0.2) is 0 Å². The summed E-state index contributed by atoms with van der Waals surface area (Å²) in [5.41, 5.74) is 0.972. The van der Waals surface area contributed by atoms with Crippen LogP contribution in [0.5, 0.6) is 0 Å². The minimum atomic E-state index is -0.340. The van der Waals surface area contributed by atoms with E-state index >= 15 is 0 Å². The quantitative estimate of drug-likeness (QED) is 0.0747. The van der Waals surface area contributed by atoms with E-state index < -0.39 is 0 Å². The lowest BCUT2D eigenvalue weighted by Crippen LogP contribution is -2.43. The summed E-state index contributed by atoms with van der Waals surface area (Å²) in [5.74, 6) is -0.155. The molecule has 0 bridgehead atoms. The number of methoxy groups -OCH3 is 4. The molecule has 0 aliphatic heterocycles. The number of carbonyl (C=O) groups is 4. The van der Waals surface area contributed by atoms with Gasteiger partial charge in [-0.1, -0.05) is 46.8 Å². The normalized spacial score (nSPS) is 10.0. The van der Waals surface area contributed by atoms with Crippen molar-refractivity contribution in [2.75, 3.05) is 81.7 Å². The van der Waals surface area contributed by atoms with Crippen molar-refractivity contribution in [3.63, 3.8) is 0 Å². The summed E-state index contributed by atoms with van der Waals surface area (Å²) in [6.07, 6.45) is 1.16. The Hall–Kier alpha value is -2.94. The Labute approximate surface area is 247 Å². The molecular formula is C27H56N4O10. The molecule has 0 saturated heterocycles. The standard InChI is InChI=1S/C15H28N2O5.C8H16N2O5.2C2H6/c1-6-13(12(2)3)9-14(18)22-8-7-17(11-21-5)15(19)16-10-20-4;1-13-5-9-8(12)10(6-14-2)3-4-15-7-11;2*1-2/h13H,2,6-11H2,1,3-5H3,(H,16,19);7H,3-6H2,1-2H3,(H,9,12);2*1-2H3. The third-order valence-electron chi connectivity index (χ3n) is 4.65. The summed E-state index contributed by atoms with van der Waals surface area (Å²) in [7, 11) is 5.91. The van der Waals surface area contributed by atoms with E-state index in [1.165, 1.54) is 38.2 Å². The van der Waals surface area contributed by atoms with Crippen LogP contribution in [-0.4, -0.2) is 116 Å². The lowest BCUT2D eigenvalue weighted by atomic mass is 9.95. The molecule has 0 aromatic rings. The van der Waals surface area contributed by atoms with E-state index in [9.17, 15) is 19.2 Å². The van der Waals surface area contributed by atoms with Crippen LogP contribution in [0.2, 0.25) is 0 Å². The van der Waals surface area contributed by atoms with E-state index in [1.54, 1.807) is 0 Å². The summed E-state index contributed by atoms with van der Waals surface area (Å²) in [5, 5.41) is 5.03. The molecular weight excluding hydrogens is 540 g/mol. The van der Waals surface area contributed by atoms with Crippen molar-refractivity contribution in [2.45, 2.75) is 54.4 Å². The number of hydrogen-bond acceptors (Lipinski definition) is 10. The predicted octanol–water partition coefficient (Wildman–Crippen LogP) is 3.17. The number of amides is 4. The third-order valence-corrected chi connectivity index (χ3v) is 4.65. The number of esters is 1. The molecule has 41 heavy (non-hydrogen) atoms. The molecule has 0 aromatic carbocycles. The average Bonchev–Trinajstić information content (AvgIpc) is 2.98. The summed E-state index contributed by atoms with van der Waals surface area (Å²) in [6.45, 7) is 17.3. The third kappa shape index (κ3) is 28.4. The number of rotatable bonds is 19. The largest absolute Gasteiger partial charge is 0.466 e. The summed E-state index contributed by atoms with van der Waals surface area (Å²) in [6, 6.07) is -0.679. The molecule has 14 heteroatoms. The van der Waals surface area contributed by atoms with Crippen LogP contribution in [-0.2, 0) is 38.0 Å². The summed E-state index contributed by atoms with van der Waals surface area (Å²) < 4.78 is 28.9. The highest BCUT2D eigenvalue weighted by Crippen LogP contribution is 2.17. The van der Waals surface area contributed by atoms with E-state index in [-0.39, 0.29) is 77.2 Å². The van der Waals surface area contributed by atoms with Crippen LogP contribution in [0.25, 0.3) is 0 Å². The highest BCUT2D eigenvalue weighted by molar-refractivity contribution is 5.74. The molecule has 0 aliphatic carbocycles. The summed E-state index contributed by atoms with van der Waals surface area (Å²) >= 11 is 0. The van der Waals surface area contributed by atoms with Gasteiger partial charge in [-0.25, -0.2) is 9.59 Å². The Morgan fingerprint density at radius 1 is 0.805 bits per heavy atom. The van der Waals surface area contributed by atoms with Gasteiger partial charge in [-0.15, -0.1) is 0 Å². The van der Waals surface area contributed by atoms with Crippen molar-refractivity contribution in [2.24, 2.45) is 5.92 Å². The van der Waals surface area contributed by atoms with Gasteiger partial charge in [0.05, 0.1) is 19.5 Å². The molecule has 0 saturated carbocycles. The molecule has 1 atom stereocenters. The maximum absolute atomic E-state index is 11.8. The van der Waals surface area contributed by atoms with Gasteiger partial charge in [0.25, 0.3) is 6.47 Å². The smallest absolute Gasteiger partial charge is 0.321 e. The van der Waals surface area contributed by atoms with Crippen molar-refractivity contribution in [3.05, 3.63) is 12.2 Å². The Morgan fingerprint density at radius 3 is 1.59 bits per heavy atom. The molecule has 0 rings (SSSR count). The number of nitrogens with one attached hydrogen (secondary N) is 2. The fourth-order valence-corrected chi connectivity index (χ4v) is 2.66. The van der Waals surface area contributed by atoms with Crippen molar-refractivity contribution in [1.29, 1.82) is 0 Å². The zero-order valence-corrected chi connectivity index (χ0v) is 26.9. The molecule has 4 amide bonds. The SMILES string of the molecule is C=C(C)C(CC)CC(=O)OCCN(COC)C(=O)NCOC.CC.CC.COCNC(=O)N(CCOC=O)COC. The number of carbonyl (C=O) groups excluding carboxylic acids is 4. The van der Waals surface area contributed by atoms with Gasteiger partial charge in [-0.05, 0) is 19.3 Å². The zero-order chi connectivity index (χ0) is 32.5. The van der Waals surface area contributed by atoms with E-state index in [4.69, 9.17) is 18.9 Å². The molecule has 244 valence electrons. The molecule has 0 aromatic heterocycles. The second-order valence-electron chi connectivity index (χ2n) is 7.54. The number of nitrogens with zero attached hydrogens (tertiary/aromatic N) is 2. The Bertz CT molecular complexity index is 654. The second-order valence-corrected chi connectivity index (χ2v) is 7.54. The maximum Gasteiger partial charge on any atom is 0.321 e. The summed E-state index contributed by atoms with van der Waals surface area (Å²) in [4.78, 5) is 47.6. The first-order valence-electron chi connectivity index (χ1n) is 13.6. The molecule has 0 spiro atoms. The van der Waals surface area contributed by atoms with Crippen molar-refractivity contribution in [3.8, 4) is 0 Å². The fraction of sp³-hybridized carbons (Fsp3) is 0.778. The molecule has 0 heterocycles. The average molecular weight is 597 g/mol. The minimum absolute atomic E-state index is 0.107. The van der Waals surface area contributed by atoms with Crippen LogP contribution >= 0.6 is 0 Å². The van der Waals surface area contributed by atoms with Gasteiger partial charge in [0, 0.05) is 28.4 Å². The van der Waals surface area contributed by atoms with E-state index in [0.29, 0.717) is 12.9 Å². The van der Waals surface area contributed by atoms with Crippen molar-refractivity contribution >= 4 is 24.5 Å². The Kier molecular flexibility index (Phi) is 38.6. The topological polar surface area (TPSA) is 154 Å². The number of ether oxygens (including phenoxy) is 6. The maximum atomic E-state index is 11.8. The van der Waals surface area contributed by atoms with Gasteiger partial charge in [0.1, 0.15) is 40.1 Å². The van der Waals surface area contributed by atoms with Crippen LogP contribution < -0.4 is 10.6 Å². The first-order valence-corrected chi connectivity index (χ1v) is 13.6. The highest BCUT2D eigenvalue weighted by atomic mass is 16.5. The predicted molar refractivity (Wildman–Crippen MR) is 157 cm³/mol. The van der Waals surface area contributed by atoms with E-state index in [2.05, 4.69) is 26.7 Å². The molecule has 0 radical (unpaired) electrons. The zero-order valence-electron chi connectivity index (χ0n) is 26.9. The number of urea groups is 2. The van der Waals surface area contributed by atoms with Crippen LogP contribution in [0.15, 0.2) is 12.2 Å². The first kappa shape index (κ1) is 45.1. The van der Waals surface area contributed by atoms with Gasteiger partial charge in [-0.2, -0.15) is 0 Å². The first-order chi connectivity index (χ1) is 19.7. The van der Waals surface area contributed by atoms with Gasteiger partial charge < -0.3 is 39.1 Å². The lowest BCUT2D eigenvalue weighted by Gasteiger charge is -2.22. The van der Waals surface area contributed by atoms with Crippen LogP contribution in [0.3, 0.4) is 0 Å². The molecule has 0 aliphatic rings.